The van der Waals surface area contributed by atoms with Gasteiger partial charge in [-0.05, 0) is 36.1 Å². The molecule has 0 heterocycles. The lowest BCUT2D eigenvalue weighted by Crippen LogP contribution is -2.50. The van der Waals surface area contributed by atoms with Gasteiger partial charge in [-0.1, -0.05) is 68.4 Å². The van der Waals surface area contributed by atoms with E-state index in [4.69, 9.17) is 0 Å². The van der Waals surface area contributed by atoms with Crippen molar-refractivity contribution in [3.63, 3.8) is 0 Å². The van der Waals surface area contributed by atoms with Gasteiger partial charge in [0.2, 0.25) is 5.91 Å². The number of carbonyl (C=O) groups excluding carboxylic acids is 1. The second-order valence-corrected chi connectivity index (χ2v) is 7.14. The number of benzene rings is 2. The summed E-state index contributed by atoms with van der Waals surface area (Å²) in [4.78, 5) is 24.0. The van der Waals surface area contributed by atoms with Crippen molar-refractivity contribution in [1.29, 1.82) is 0 Å². The fourth-order valence-electron chi connectivity index (χ4n) is 3.00. The van der Waals surface area contributed by atoms with Crippen LogP contribution in [0.1, 0.15) is 25.8 Å². The molecule has 0 fully saturated rings. The maximum Gasteiger partial charge on any atom is 0.326 e. The minimum atomic E-state index is -1.03. The molecule has 0 bridgehead atoms. The molecule has 0 unspecified atom stereocenters. The highest BCUT2D eigenvalue weighted by Gasteiger charge is 2.25. The van der Waals surface area contributed by atoms with Gasteiger partial charge in [-0.3, -0.25) is 4.79 Å². The van der Waals surface area contributed by atoms with E-state index in [0.717, 1.165) is 16.7 Å². The molecule has 2 atom stereocenters. The lowest BCUT2D eigenvalue weighted by molar-refractivity contribution is -0.142. The number of amides is 1. The summed E-state index contributed by atoms with van der Waals surface area (Å²) in [6.45, 7) is 4.06. The van der Waals surface area contributed by atoms with Crippen LogP contribution in [0.5, 0.6) is 0 Å². The van der Waals surface area contributed by atoms with Crippen molar-refractivity contribution in [2.45, 2.75) is 38.8 Å². The van der Waals surface area contributed by atoms with E-state index in [1.165, 1.54) is 0 Å². The molecule has 0 spiro atoms. The summed E-state index contributed by atoms with van der Waals surface area (Å²) in [5.74, 6) is -0.976. The molecule has 2 aromatic rings. The van der Waals surface area contributed by atoms with E-state index in [9.17, 15) is 14.7 Å². The van der Waals surface area contributed by atoms with Crippen molar-refractivity contribution in [2.24, 2.45) is 5.92 Å². The smallest absolute Gasteiger partial charge is 0.326 e. The van der Waals surface area contributed by atoms with E-state index in [2.05, 4.69) is 10.6 Å². The van der Waals surface area contributed by atoms with Crippen LogP contribution in [0.4, 0.5) is 0 Å². The predicted molar refractivity (Wildman–Crippen MR) is 107 cm³/mol. The van der Waals surface area contributed by atoms with Crippen molar-refractivity contribution in [3.05, 3.63) is 60.2 Å². The van der Waals surface area contributed by atoms with Crippen LogP contribution in [0.25, 0.3) is 11.1 Å². The maximum atomic E-state index is 12.4. The number of nitrogens with one attached hydrogen (secondary N) is 2. The van der Waals surface area contributed by atoms with E-state index in [-0.39, 0.29) is 12.3 Å². The van der Waals surface area contributed by atoms with Gasteiger partial charge in [0.05, 0.1) is 6.04 Å². The standard InChI is InChI=1S/C22H28N2O3/c1-15(2)13-19(23-3)21(25)24-20(22(26)27)14-16-9-11-18(12-10-16)17-7-5-4-6-8-17/h4-12,15,19-20,23H,13-14H2,1-3H3,(H,24,25)(H,26,27)/t19-,20+/m0/s1. The third kappa shape index (κ3) is 6.22. The SMILES string of the molecule is CN[C@@H](CC(C)C)C(=O)N[C@H](Cc1ccc(-c2ccccc2)cc1)C(=O)O. The molecule has 3 N–H and O–H groups in total. The molecule has 5 nitrogen and oxygen atoms in total. The molecule has 0 radical (unpaired) electrons. The summed E-state index contributed by atoms with van der Waals surface area (Å²) in [6, 6.07) is 16.4. The largest absolute Gasteiger partial charge is 0.480 e. The normalized spacial score (nSPS) is 13.2. The highest BCUT2D eigenvalue weighted by molar-refractivity contribution is 5.87. The van der Waals surface area contributed by atoms with Crippen molar-refractivity contribution in [1.82, 2.24) is 10.6 Å². The third-order valence-corrected chi connectivity index (χ3v) is 4.49. The van der Waals surface area contributed by atoms with Gasteiger partial charge in [0.25, 0.3) is 0 Å². The van der Waals surface area contributed by atoms with Crippen LogP contribution in [0.2, 0.25) is 0 Å². The van der Waals surface area contributed by atoms with Gasteiger partial charge >= 0.3 is 5.97 Å². The second kappa shape index (κ2) is 9.88. The minimum Gasteiger partial charge on any atom is -0.480 e. The Labute approximate surface area is 160 Å². The molecule has 0 aromatic heterocycles. The Bertz CT molecular complexity index is 742. The van der Waals surface area contributed by atoms with Gasteiger partial charge in [-0.15, -0.1) is 0 Å². The Balaban J connectivity index is 2.05. The first-order valence-corrected chi connectivity index (χ1v) is 9.25. The summed E-state index contributed by atoms with van der Waals surface area (Å²) in [5, 5.41) is 15.1. The Morgan fingerprint density at radius 2 is 1.52 bits per heavy atom. The molecular formula is C22H28N2O3. The van der Waals surface area contributed by atoms with Gasteiger partial charge in [0.15, 0.2) is 0 Å². The number of likely N-dealkylation sites (N-methyl/N-ethyl adjacent to an activating group) is 1. The average molecular weight is 368 g/mol. The van der Waals surface area contributed by atoms with Gasteiger partial charge in [-0.2, -0.15) is 0 Å². The summed E-state index contributed by atoms with van der Waals surface area (Å²) in [5.41, 5.74) is 3.05. The summed E-state index contributed by atoms with van der Waals surface area (Å²) in [7, 11) is 1.71. The van der Waals surface area contributed by atoms with Crippen LogP contribution in [-0.2, 0) is 16.0 Å². The number of hydrogen-bond acceptors (Lipinski definition) is 3. The molecule has 0 saturated heterocycles. The van der Waals surface area contributed by atoms with Gasteiger partial charge < -0.3 is 15.7 Å². The molecule has 0 aliphatic heterocycles. The first-order valence-electron chi connectivity index (χ1n) is 9.25. The van der Waals surface area contributed by atoms with Crippen molar-refractivity contribution >= 4 is 11.9 Å². The third-order valence-electron chi connectivity index (χ3n) is 4.49. The first kappa shape index (κ1) is 20.6. The number of rotatable bonds is 9. The van der Waals surface area contributed by atoms with E-state index >= 15 is 0 Å². The lowest BCUT2D eigenvalue weighted by Gasteiger charge is -2.21. The summed E-state index contributed by atoms with van der Waals surface area (Å²) in [6.07, 6.45) is 0.898. The van der Waals surface area contributed by atoms with Crippen LogP contribution in [0, 0.1) is 5.92 Å². The first-order chi connectivity index (χ1) is 12.9. The quantitative estimate of drug-likeness (QED) is 0.635. The summed E-state index contributed by atoms with van der Waals surface area (Å²) >= 11 is 0. The Morgan fingerprint density at radius 3 is 2.04 bits per heavy atom. The molecule has 144 valence electrons. The molecule has 5 heteroatoms. The zero-order chi connectivity index (χ0) is 19.8. The topological polar surface area (TPSA) is 78.4 Å². The van der Waals surface area contributed by atoms with E-state index in [0.29, 0.717) is 12.3 Å². The molecule has 2 rings (SSSR count). The lowest BCUT2D eigenvalue weighted by atomic mass is 9.99. The highest BCUT2D eigenvalue weighted by Crippen LogP contribution is 2.19. The number of carboxylic acids is 1. The second-order valence-electron chi connectivity index (χ2n) is 7.14. The molecule has 0 saturated carbocycles. The average Bonchev–Trinajstić information content (AvgIpc) is 2.66. The molecule has 0 aliphatic rings. The predicted octanol–water partition coefficient (Wildman–Crippen LogP) is 3.10. The highest BCUT2D eigenvalue weighted by atomic mass is 16.4. The fourth-order valence-corrected chi connectivity index (χ4v) is 3.00. The molecule has 0 aliphatic carbocycles. The Kier molecular flexibility index (Phi) is 7.55. The zero-order valence-electron chi connectivity index (χ0n) is 16.1. The van der Waals surface area contributed by atoms with Crippen LogP contribution < -0.4 is 10.6 Å². The van der Waals surface area contributed by atoms with Crippen LogP contribution in [-0.4, -0.2) is 36.1 Å². The van der Waals surface area contributed by atoms with Crippen molar-refractivity contribution in [3.8, 4) is 11.1 Å². The zero-order valence-corrected chi connectivity index (χ0v) is 16.1. The monoisotopic (exact) mass is 368 g/mol. The van der Waals surface area contributed by atoms with Crippen LogP contribution in [0.15, 0.2) is 54.6 Å². The number of hydrogen-bond donors (Lipinski definition) is 3. The molecule has 27 heavy (non-hydrogen) atoms. The maximum absolute atomic E-state index is 12.4. The minimum absolute atomic E-state index is 0.244. The van der Waals surface area contributed by atoms with Crippen molar-refractivity contribution in [2.75, 3.05) is 7.05 Å². The van der Waals surface area contributed by atoms with Crippen molar-refractivity contribution < 1.29 is 14.7 Å². The van der Waals surface area contributed by atoms with E-state index in [1.54, 1.807) is 7.05 Å². The van der Waals surface area contributed by atoms with E-state index in [1.807, 2.05) is 68.4 Å². The summed E-state index contributed by atoms with van der Waals surface area (Å²) < 4.78 is 0. The van der Waals surface area contributed by atoms with Crippen LogP contribution in [0.3, 0.4) is 0 Å². The van der Waals surface area contributed by atoms with Crippen LogP contribution >= 0.6 is 0 Å². The molecular weight excluding hydrogens is 340 g/mol. The number of carboxylic acid groups (broad SMARTS) is 1. The molecule has 2 aromatic carbocycles. The fraction of sp³-hybridized carbons (Fsp3) is 0.364. The Morgan fingerprint density at radius 1 is 0.926 bits per heavy atom. The van der Waals surface area contributed by atoms with Gasteiger partial charge in [0.1, 0.15) is 6.04 Å². The van der Waals surface area contributed by atoms with Gasteiger partial charge in [0, 0.05) is 6.42 Å². The molecule has 1 amide bonds. The van der Waals surface area contributed by atoms with E-state index < -0.39 is 18.1 Å². The number of carbonyl (C=O) groups is 2. The van der Waals surface area contributed by atoms with Gasteiger partial charge in [-0.25, -0.2) is 4.79 Å². The Hall–Kier alpha value is -2.66. The number of aliphatic carboxylic acids is 1.